The lowest BCUT2D eigenvalue weighted by Crippen LogP contribution is -2.00. The molecule has 5 aromatic rings. The van der Waals surface area contributed by atoms with Gasteiger partial charge in [0.2, 0.25) is 0 Å². The Labute approximate surface area is 396 Å². The van der Waals surface area contributed by atoms with Crippen LogP contribution in [0.25, 0.3) is 0 Å². The van der Waals surface area contributed by atoms with Crippen molar-refractivity contribution in [3.8, 4) is 0 Å². The Morgan fingerprint density at radius 1 is 0.387 bits per heavy atom. The van der Waals surface area contributed by atoms with Crippen molar-refractivity contribution < 1.29 is 6.85 Å². The number of rotatable bonds is 3. The molecule has 0 unspecified atom stereocenters. The van der Waals surface area contributed by atoms with Gasteiger partial charge in [-0.05, 0) is 95.1 Å². The third kappa shape index (κ3) is 52.2. The van der Waals surface area contributed by atoms with E-state index in [0.717, 1.165) is 17.8 Å². The van der Waals surface area contributed by atoms with E-state index in [4.69, 9.17) is 6.85 Å². The van der Waals surface area contributed by atoms with E-state index in [0.29, 0.717) is 16.4 Å². The van der Waals surface area contributed by atoms with E-state index in [1.165, 1.54) is 71.6 Å². The molecule has 0 saturated carbocycles. The molecule has 0 aliphatic rings. The minimum atomic E-state index is -0.337. The summed E-state index contributed by atoms with van der Waals surface area (Å²) in [6.07, 6.45) is 5.20. The van der Waals surface area contributed by atoms with Crippen LogP contribution in [0.4, 0.5) is 0 Å². The van der Waals surface area contributed by atoms with Crippen molar-refractivity contribution in [3.63, 3.8) is 0 Å². The smallest absolute Gasteiger partial charge is 0.0625 e. The van der Waals surface area contributed by atoms with Crippen LogP contribution in [-0.4, -0.2) is 0 Å². The summed E-state index contributed by atoms with van der Waals surface area (Å²) in [5, 5.41) is 0. The van der Waals surface area contributed by atoms with Crippen LogP contribution in [0.1, 0.15) is 181 Å². The van der Waals surface area contributed by atoms with Crippen LogP contribution in [0, 0.1) is 84.0 Å². The van der Waals surface area contributed by atoms with Gasteiger partial charge in [0.05, 0.1) is 6.85 Å². The standard InChI is InChI=1S/3C8H10.2C7H8.4C6H14/c1-7-3-5-8(2)6-4-7;1-7-4-3-5-8(2)6-7;1-7-5-3-4-6-8(7)2;2*1-7-5-3-2-4-6-7;2*1-5-6(2,3)4;1-5(2)6(3)4;1-4-6(3)5-2/h3*3-6H,1-2H3;2*2-6H,1H3;2*5H2,1-4H3;5-6H,1-4H3;6H,4-5H2,1-3H3/i;;;2D,3D,4D,5D,6D;;;;;. The van der Waals surface area contributed by atoms with Crippen molar-refractivity contribution in [1.29, 1.82) is 0 Å². The van der Waals surface area contributed by atoms with Gasteiger partial charge in [0.1, 0.15) is 0 Å². The Bertz CT molecular complexity index is 1740. The second-order valence-corrected chi connectivity index (χ2v) is 19.5. The first-order chi connectivity index (χ1) is 30.8. The second-order valence-electron chi connectivity index (χ2n) is 19.5. The first-order valence-electron chi connectivity index (χ1n) is 26.0. The molecule has 0 saturated heterocycles. The summed E-state index contributed by atoms with van der Waals surface area (Å²) in [6, 6.07) is 34.4. The van der Waals surface area contributed by atoms with Gasteiger partial charge in [-0.3, -0.25) is 0 Å². The summed E-state index contributed by atoms with van der Waals surface area (Å²) in [5.41, 5.74) is 10.8. The average Bonchev–Trinajstić information content (AvgIpc) is 3.27. The van der Waals surface area contributed by atoms with Crippen molar-refractivity contribution in [2.75, 3.05) is 0 Å². The van der Waals surface area contributed by atoms with E-state index in [9.17, 15) is 0 Å². The van der Waals surface area contributed by atoms with Crippen molar-refractivity contribution in [2.45, 2.75) is 185 Å². The molecular weight excluding hydrogens is 745 g/mol. The van der Waals surface area contributed by atoms with E-state index < -0.39 is 0 Å². The van der Waals surface area contributed by atoms with Crippen LogP contribution in [-0.2, 0) is 0 Å². The molecule has 0 aromatic heterocycles. The van der Waals surface area contributed by atoms with Crippen LogP contribution in [0.5, 0.6) is 0 Å². The van der Waals surface area contributed by atoms with Crippen LogP contribution >= 0.6 is 0 Å². The lowest BCUT2D eigenvalue weighted by Gasteiger charge is -2.12. The lowest BCUT2D eigenvalue weighted by atomic mass is 9.94. The van der Waals surface area contributed by atoms with E-state index in [2.05, 4.69) is 237 Å². The molecule has 0 N–H and O–H groups in total. The topological polar surface area (TPSA) is 0 Å². The number of benzene rings is 5. The maximum atomic E-state index is 7.31. The first-order valence-corrected chi connectivity index (χ1v) is 23.5. The minimum absolute atomic E-state index is 0.124. The molecule has 0 heteroatoms. The average molecular weight is 853 g/mol. The van der Waals surface area contributed by atoms with Crippen LogP contribution in [0.15, 0.2) is 133 Å². The summed E-state index contributed by atoms with van der Waals surface area (Å²) in [7, 11) is 0. The van der Waals surface area contributed by atoms with E-state index in [1.807, 2.05) is 18.2 Å². The number of hydrogen-bond acceptors (Lipinski definition) is 0. The lowest BCUT2D eigenvalue weighted by molar-refractivity contribution is 0.397. The van der Waals surface area contributed by atoms with Gasteiger partial charge in [-0.1, -0.05) is 296 Å². The molecule has 0 spiro atoms. The van der Waals surface area contributed by atoms with E-state index in [1.54, 1.807) is 0 Å². The van der Waals surface area contributed by atoms with Gasteiger partial charge < -0.3 is 0 Å². The first kappa shape index (κ1) is 54.2. The van der Waals surface area contributed by atoms with Crippen LogP contribution in [0.3, 0.4) is 0 Å². The third-order valence-corrected chi connectivity index (χ3v) is 10.2. The summed E-state index contributed by atoms with van der Waals surface area (Å²) in [4.78, 5) is 0. The highest BCUT2D eigenvalue weighted by molar-refractivity contribution is 5.23. The number of aryl methyl sites for hydroxylation is 7. The molecule has 0 radical (unpaired) electrons. The van der Waals surface area contributed by atoms with Gasteiger partial charge in [0.15, 0.2) is 0 Å². The van der Waals surface area contributed by atoms with E-state index in [-0.39, 0.29) is 30.2 Å². The monoisotopic (exact) mass is 852 g/mol. The maximum absolute atomic E-state index is 7.31. The highest BCUT2D eigenvalue weighted by Gasteiger charge is 2.04. The molecule has 0 bridgehead atoms. The fraction of sp³-hybridized carbons (Fsp3) is 0.516. The quantitative estimate of drug-likeness (QED) is 0.170. The van der Waals surface area contributed by atoms with E-state index >= 15 is 0 Å². The molecule has 0 nitrogen and oxygen atoms in total. The molecule has 0 heterocycles. The summed E-state index contributed by atoms with van der Waals surface area (Å²) in [6.45, 7) is 49.8. The maximum Gasteiger partial charge on any atom is 0.0625 e. The second kappa shape index (κ2) is 39.9. The predicted octanol–water partition coefficient (Wildman–Crippen LogP) is 20.5. The summed E-state index contributed by atoms with van der Waals surface area (Å²) < 4.78 is 36.3. The highest BCUT2D eigenvalue weighted by atomic mass is 14.1. The zero-order chi connectivity index (χ0) is 53.1. The minimum Gasteiger partial charge on any atom is -0.0651 e. The fourth-order valence-electron chi connectivity index (χ4n) is 3.24. The molecule has 0 aliphatic carbocycles. The Morgan fingerprint density at radius 2 is 0.677 bits per heavy atom. The number of hydrogen-bond donors (Lipinski definition) is 0. The highest BCUT2D eigenvalue weighted by Crippen LogP contribution is 2.17. The molecule has 350 valence electrons. The normalized spacial score (nSPS) is 11.0. The van der Waals surface area contributed by atoms with Gasteiger partial charge in [0, 0.05) is 0 Å². The van der Waals surface area contributed by atoms with Gasteiger partial charge in [-0.2, -0.15) is 0 Å². The molecule has 0 atom stereocenters. The molecule has 0 aliphatic heterocycles. The zero-order valence-corrected chi connectivity index (χ0v) is 44.9. The van der Waals surface area contributed by atoms with Crippen molar-refractivity contribution >= 4 is 0 Å². The van der Waals surface area contributed by atoms with Gasteiger partial charge in [-0.25, -0.2) is 0 Å². The summed E-state index contributed by atoms with van der Waals surface area (Å²) >= 11 is 0. The Kier molecular flexibility index (Phi) is 34.9. The summed E-state index contributed by atoms with van der Waals surface area (Å²) in [5.74, 6) is 2.64. The third-order valence-electron chi connectivity index (χ3n) is 10.2. The fourth-order valence-corrected chi connectivity index (χ4v) is 3.24. The molecular formula is C62H102. The van der Waals surface area contributed by atoms with Gasteiger partial charge >= 0.3 is 0 Å². The molecule has 5 aromatic carbocycles. The molecule has 62 heavy (non-hydrogen) atoms. The predicted molar refractivity (Wildman–Crippen MR) is 289 cm³/mol. The Morgan fingerprint density at radius 3 is 0.871 bits per heavy atom. The SMILES string of the molecule is CC(C)C(C)C.CCC(C)(C)C.CCC(C)(C)C.CCC(C)CC.Cc1ccc(C)cc1.Cc1cccc(C)c1.Cc1ccccc1.Cc1ccccc1C.[2H]c1c([2H])c([2H])c(C)c([2H])c1[2H]. The van der Waals surface area contributed by atoms with Crippen molar-refractivity contribution in [1.82, 2.24) is 0 Å². The molecule has 0 fully saturated rings. The van der Waals surface area contributed by atoms with Crippen LogP contribution in [0.2, 0.25) is 0 Å². The van der Waals surface area contributed by atoms with Crippen molar-refractivity contribution in [2.24, 2.45) is 28.6 Å². The van der Waals surface area contributed by atoms with Crippen molar-refractivity contribution in [3.05, 3.63) is 178 Å². The van der Waals surface area contributed by atoms with Gasteiger partial charge in [-0.15, -0.1) is 0 Å². The van der Waals surface area contributed by atoms with Gasteiger partial charge in [0.25, 0.3) is 0 Å². The van der Waals surface area contributed by atoms with Crippen LogP contribution < -0.4 is 0 Å². The Hall–Kier alpha value is -3.90. The largest absolute Gasteiger partial charge is 0.0651 e. The Balaban J connectivity index is -0.000000337. The molecule has 5 rings (SSSR count). The zero-order valence-electron chi connectivity index (χ0n) is 49.9. The molecule has 0 amide bonds.